The van der Waals surface area contributed by atoms with Crippen molar-refractivity contribution in [3.8, 4) is 29.1 Å². The smallest absolute Gasteiger partial charge is 0.252 e. The van der Waals surface area contributed by atoms with Crippen molar-refractivity contribution in [1.82, 2.24) is 5.32 Å². The highest BCUT2D eigenvalue weighted by Crippen LogP contribution is 2.32. The second kappa shape index (κ2) is 7.71. The second-order valence-electron chi connectivity index (χ2n) is 5.87. The predicted molar refractivity (Wildman–Crippen MR) is 102 cm³/mol. The van der Waals surface area contributed by atoms with Gasteiger partial charge in [0.2, 0.25) is 6.79 Å². The Balaban J connectivity index is 1.29. The van der Waals surface area contributed by atoms with Gasteiger partial charge in [0.05, 0.1) is 6.54 Å². The van der Waals surface area contributed by atoms with Gasteiger partial charge in [-0.3, -0.25) is 4.79 Å². The van der Waals surface area contributed by atoms with Crippen molar-refractivity contribution in [2.75, 3.05) is 19.9 Å². The third-order valence-corrected chi connectivity index (χ3v) is 4.15. The third-order valence-electron chi connectivity index (χ3n) is 4.15. The molecule has 134 valence electrons. The van der Waals surface area contributed by atoms with Crippen LogP contribution in [0, 0.1) is 11.8 Å². The Morgan fingerprint density at radius 3 is 2.81 bits per heavy atom. The summed E-state index contributed by atoms with van der Waals surface area (Å²) in [7, 11) is 0. The Bertz CT molecular complexity index is 1040. The van der Waals surface area contributed by atoms with Gasteiger partial charge in [0.15, 0.2) is 11.5 Å². The molecule has 1 aliphatic rings. The zero-order valence-electron chi connectivity index (χ0n) is 14.5. The average molecular weight is 359 g/mol. The Morgan fingerprint density at radius 1 is 1.00 bits per heavy atom. The normalized spacial score (nSPS) is 11.6. The zero-order valence-corrected chi connectivity index (χ0v) is 14.5. The maximum absolute atomic E-state index is 12.1. The number of hydrogen-bond acceptors (Lipinski definition) is 4. The van der Waals surface area contributed by atoms with Crippen molar-refractivity contribution >= 4 is 16.7 Å². The summed E-state index contributed by atoms with van der Waals surface area (Å²) in [5, 5.41) is 4.93. The fraction of sp³-hybridized carbons (Fsp3) is 0.136. The topological polar surface area (TPSA) is 56.8 Å². The van der Waals surface area contributed by atoms with E-state index < -0.39 is 0 Å². The monoisotopic (exact) mass is 359 g/mol. The number of nitrogens with one attached hydrogen (secondary N) is 1. The van der Waals surface area contributed by atoms with E-state index in [9.17, 15) is 4.79 Å². The van der Waals surface area contributed by atoms with Gasteiger partial charge in [-0.1, -0.05) is 48.2 Å². The van der Waals surface area contributed by atoms with Gasteiger partial charge in [0.1, 0.15) is 12.4 Å². The van der Waals surface area contributed by atoms with E-state index in [1.807, 2.05) is 42.5 Å². The van der Waals surface area contributed by atoms with E-state index in [0.29, 0.717) is 17.1 Å². The Kier molecular flexibility index (Phi) is 4.80. The van der Waals surface area contributed by atoms with Crippen molar-refractivity contribution in [2.24, 2.45) is 0 Å². The lowest BCUT2D eigenvalue weighted by atomic mass is 10.1. The van der Waals surface area contributed by atoms with Crippen LogP contribution in [0.2, 0.25) is 0 Å². The van der Waals surface area contributed by atoms with Gasteiger partial charge in [-0.2, -0.15) is 0 Å². The van der Waals surface area contributed by atoms with E-state index >= 15 is 0 Å². The van der Waals surface area contributed by atoms with Gasteiger partial charge < -0.3 is 19.5 Å². The summed E-state index contributed by atoms with van der Waals surface area (Å²) in [6.07, 6.45) is 0. The van der Waals surface area contributed by atoms with E-state index in [0.717, 1.165) is 16.5 Å². The Labute approximate surface area is 156 Å². The van der Waals surface area contributed by atoms with Gasteiger partial charge in [-0.05, 0) is 29.7 Å². The van der Waals surface area contributed by atoms with Gasteiger partial charge in [-0.25, -0.2) is 0 Å². The van der Waals surface area contributed by atoms with E-state index in [-0.39, 0.29) is 25.9 Å². The first kappa shape index (κ1) is 16.8. The predicted octanol–water partition coefficient (Wildman–Crippen LogP) is 3.38. The summed E-state index contributed by atoms with van der Waals surface area (Å²) in [6.45, 7) is 0.683. The summed E-state index contributed by atoms with van der Waals surface area (Å²) in [6, 6.07) is 19.0. The summed E-state index contributed by atoms with van der Waals surface area (Å²) in [5.41, 5.74) is 0.507. The minimum Gasteiger partial charge on any atom is -0.480 e. The van der Waals surface area contributed by atoms with Crippen LogP contribution in [0.4, 0.5) is 0 Å². The van der Waals surface area contributed by atoms with Crippen LogP contribution in [0.3, 0.4) is 0 Å². The molecular formula is C22H17NO4. The molecule has 1 aliphatic heterocycles. The Hall–Kier alpha value is -3.65. The lowest BCUT2D eigenvalue weighted by Crippen LogP contribution is -2.23. The minimum absolute atomic E-state index is 0.183. The number of carbonyl (C=O) groups is 1. The largest absolute Gasteiger partial charge is 0.480 e. The number of ether oxygens (including phenoxy) is 3. The molecule has 0 saturated carbocycles. The molecule has 1 amide bonds. The second-order valence-corrected chi connectivity index (χ2v) is 5.87. The van der Waals surface area contributed by atoms with Gasteiger partial charge in [-0.15, -0.1) is 0 Å². The molecule has 4 rings (SSSR count). The summed E-state index contributed by atoms with van der Waals surface area (Å²) < 4.78 is 16.2. The first-order valence-electron chi connectivity index (χ1n) is 8.55. The summed E-state index contributed by atoms with van der Waals surface area (Å²) >= 11 is 0. The molecule has 0 unspecified atom stereocenters. The van der Waals surface area contributed by atoms with Crippen LogP contribution in [0.1, 0.15) is 10.4 Å². The van der Waals surface area contributed by atoms with Crippen LogP contribution in [0.5, 0.6) is 17.2 Å². The molecule has 0 radical (unpaired) electrons. The van der Waals surface area contributed by atoms with E-state index in [1.165, 1.54) is 0 Å². The molecule has 1 N–H and O–H groups in total. The number of benzene rings is 3. The van der Waals surface area contributed by atoms with Crippen LogP contribution in [-0.2, 0) is 0 Å². The molecule has 1 heterocycles. The fourth-order valence-corrected chi connectivity index (χ4v) is 2.81. The molecule has 3 aromatic carbocycles. The number of rotatable bonds is 4. The molecule has 0 spiro atoms. The molecule has 5 nitrogen and oxygen atoms in total. The molecule has 0 aliphatic carbocycles. The molecular weight excluding hydrogens is 342 g/mol. The molecule has 3 aromatic rings. The number of hydrogen-bond donors (Lipinski definition) is 1. The highest BCUT2D eigenvalue weighted by Gasteiger charge is 2.15. The third kappa shape index (κ3) is 3.80. The first-order valence-corrected chi connectivity index (χ1v) is 8.55. The summed E-state index contributed by atoms with van der Waals surface area (Å²) in [4.78, 5) is 12.1. The van der Waals surface area contributed by atoms with Gasteiger partial charge in [0.25, 0.3) is 5.91 Å². The molecule has 5 heteroatoms. The van der Waals surface area contributed by atoms with E-state index in [4.69, 9.17) is 14.2 Å². The maximum atomic E-state index is 12.1. The van der Waals surface area contributed by atoms with Crippen molar-refractivity contribution in [3.05, 3.63) is 66.2 Å². The highest BCUT2D eigenvalue weighted by atomic mass is 16.7. The highest BCUT2D eigenvalue weighted by molar-refractivity contribution is 5.95. The lowest BCUT2D eigenvalue weighted by molar-refractivity contribution is 0.0958. The van der Waals surface area contributed by atoms with Crippen LogP contribution in [-0.4, -0.2) is 25.9 Å². The van der Waals surface area contributed by atoms with E-state index in [1.54, 1.807) is 18.2 Å². The lowest BCUT2D eigenvalue weighted by Gasteiger charge is -2.06. The van der Waals surface area contributed by atoms with E-state index in [2.05, 4.69) is 17.2 Å². The van der Waals surface area contributed by atoms with Gasteiger partial charge >= 0.3 is 0 Å². The number of amides is 1. The van der Waals surface area contributed by atoms with Crippen molar-refractivity contribution < 1.29 is 19.0 Å². The quantitative estimate of drug-likeness (QED) is 0.726. The average Bonchev–Trinajstić information content (AvgIpc) is 3.18. The molecule has 0 aromatic heterocycles. The van der Waals surface area contributed by atoms with Crippen LogP contribution < -0.4 is 19.5 Å². The van der Waals surface area contributed by atoms with Gasteiger partial charge in [0, 0.05) is 10.9 Å². The molecule has 27 heavy (non-hydrogen) atoms. The number of carbonyl (C=O) groups excluding carboxylic acids is 1. The molecule has 0 saturated heterocycles. The van der Waals surface area contributed by atoms with Crippen molar-refractivity contribution in [1.29, 1.82) is 0 Å². The molecule has 0 atom stereocenters. The SMILES string of the molecule is O=C(NCC#CCOc1cccc2ccccc12)c1ccc2c(c1)OCO2. The summed E-state index contributed by atoms with van der Waals surface area (Å²) in [5.74, 6) is 7.63. The molecule has 0 fully saturated rings. The van der Waals surface area contributed by atoms with Crippen molar-refractivity contribution in [2.45, 2.75) is 0 Å². The maximum Gasteiger partial charge on any atom is 0.252 e. The zero-order chi connectivity index (χ0) is 18.5. The van der Waals surface area contributed by atoms with Crippen LogP contribution >= 0.6 is 0 Å². The molecule has 0 bridgehead atoms. The standard InChI is InChI=1S/C22H17NO4/c24-22(17-10-11-20-21(14-17)27-15-26-20)23-12-3-4-13-25-19-9-5-7-16-6-1-2-8-18(16)19/h1-2,5-11,14H,12-13,15H2,(H,23,24). The Morgan fingerprint density at radius 2 is 1.85 bits per heavy atom. The van der Waals surface area contributed by atoms with Crippen LogP contribution in [0.25, 0.3) is 10.8 Å². The first-order chi connectivity index (χ1) is 13.3. The minimum atomic E-state index is -0.211. The number of fused-ring (bicyclic) bond motifs is 2. The van der Waals surface area contributed by atoms with Crippen LogP contribution in [0.15, 0.2) is 60.7 Å². The van der Waals surface area contributed by atoms with Crippen molar-refractivity contribution in [3.63, 3.8) is 0 Å². The fourth-order valence-electron chi connectivity index (χ4n) is 2.81.